The van der Waals surface area contributed by atoms with E-state index in [1.54, 1.807) is 24.2 Å². The van der Waals surface area contributed by atoms with Gasteiger partial charge < -0.3 is 15.1 Å². The third-order valence-corrected chi connectivity index (χ3v) is 9.34. The Morgan fingerprint density at radius 1 is 1.12 bits per heavy atom. The van der Waals surface area contributed by atoms with Gasteiger partial charge in [-0.05, 0) is 50.0 Å². The normalized spacial score (nSPS) is 18.8. The fraction of sp³-hybridized carbons (Fsp3) is 0.483. The maximum Gasteiger partial charge on any atom is 0.249 e. The zero-order valence-corrected chi connectivity index (χ0v) is 25.2. The van der Waals surface area contributed by atoms with E-state index in [1.165, 1.54) is 16.9 Å². The Morgan fingerprint density at radius 3 is 2.56 bits per heavy atom. The first-order valence-electron chi connectivity index (χ1n) is 13.9. The lowest BCUT2D eigenvalue weighted by atomic mass is 9.94. The number of piperidine rings is 2. The fourth-order valence-electron chi connectivity index (χ4n) is 4.80. The minimum absolute atomic E-state index is 0.0296. The summed E-state index contributed by atoms with van der Waals surface area (Å²) in [4.78, 5) is 47.4. The summed E-state index contributed by atoms with van der Waals surface area (Å²) in [7, 11) is 0. The van der Waals surface area contributed by atoms with E-state index in [2.05, 4.69) is 63.7 Å². The minimum atomic E-state index is -0.389. The molecule has 2 aromatic heterocycles. The van der Waals surface area contributed by atoms with Gasteiger partial charge in [-0.3, -0.25) is 24.6 Å². The van der Waals surface area contributed by atoms with Gasteiger partial charge in [0.2, 0.25) is 23.6 Å². The van der Waals surface area contributed by atoms with Crippen molar-refractivity contribution < 1.29 is 18.8 Å². The second-order valence-corrected chi connectivity index (χ2v) is 13.8. The summed E-state index contributed by atoms with van der Waals surface area (Å²) < 4.78 is 6.86. The van der Waals surface area contributed by atoms with Gasteiger partial charge in [-0.2, -0.15) is 0 Å². The Balaban J connectivity index is 1.03. The number of likely N-dealkylation sites (tertiary alicyclic amines) is 1. The Bertz CT molecular complexity index is 1370. The van der Waals surface area contributed by atoms with E-state index in [-0.39, 0.29) is 35.1 Å². The molecule has 218 valence electrons. The maximum absolute atomic E-state index is 12.9. The quantitative estimate of drug-likeness (QED) is 0.236. The molecule has 3 N–H and O–H groups in total. The molecular formula is C29H36N6O4S2. The van der Waals surface area contributed by atoms with Gasteiger partial charge in [0.1, 0.15) is 11.8 Å². The number of anilines is 2. The number of imide groups is 1. The van der Waals surface area contributed by atoms with E-state index in [4.69, 9.17) is 4.42 Å². The number of thioether (sulfide) groups is 1. The summed E-state index contributed by atoms with van der Waals surface area (Å²) in [6.07, 6.45) is 6.02. The van der Waals surface area contributed by atoms with Gasteiger partial charge in [-0.1, -0.05) is 44.2 Å². The average molecular weight is 597 g/mol. The van der Waals surface area contributed by atoms with Gasteiger partial charge >= 0.3 is 0 Å². The number of nitrogens with one attached hydrogen (secondary N) is 3. The maximum atomic E-state index is 12.9. The molecule has 0 aliphatic carbocycles. The highest BCUT2D eigenvalue weighted by molar-refractivity contribution is 8.00. The van der Waals surface area contributed by atoms with Gasteiger partial charge in [0.05, 0.1) is 22.4 Å². The lowest BCUT2D eigenvalue weighted by molar-refractivity contribution is -0.133. The standard InChI is InChI=1S/C29H36N6O4S2/c1-29(2,3)22-14-30-24(39-22)17-40-25-15-31-28(41-25)34-26(37)19-10-12-35(13-11-19)16-18-4-6-20(7-5-18)32-21-8-9-23(36)33-27(21)38/h4-7,14-15,19,21,32H,8-13,16-17H2,1-3H3,(H,31,34,37)(H,33,36,38). The largest absolute Gasteiger partial charge is 0.444 e. The Kier molecular flexibility index (Phi) is 9.10. The fourth-order valence-corrected chi connectivity index (χ4v) is 6.53. The lowest BCUT2D eigenvalue weighted by Crippen LogP contribution is -2.47. The molecule has 5 rings (SSSR count). The molecule has 1 atom stereocenters. The molecular weight excluding hydrogens is 560 g/mol. The minimum Gasteiger partial charge on any atom is -0.444 e. The summed E-state index contributed by atoms with van der Waals surface area (Å²) in [5, 5.41) is 9.21. The molecule has 4 heterocycles. The van der Waals surface area contributed by atoms with E-state index in [1.807, 2.05) is 12.1 Å². The molecule has 0 bridgehead atoms. The third-order valence-electron chi connectivity index (χ3n) is 7.24. The second kappa shape index (κ2) is 12.7. The molecule has 0 spiro atoms. The van der Waals surface area contributed by atoms with Crippen LogP contribution in [0.15, 0.2) is 45.3 Å². The summed E-state index contributed by atoms with van der Waals surface area (Å²) in [5.41, 5.74) is 1.96. The van der Waals surface area contributed by atoms with Crippen molar-refractivity contribution in [2.24, 2.45) is 5.92 Å². The zero-order chi connectivity index (χ0) is 29.0. The number of oxazole rings is 1. The van der Waals surface area contributed by atoms with E-state index in [0.29, 0.717) is 29.6 Å². The van der Waals surface area contributed by atoms with Crippen LogP contribution in [0.5, 0.6) is 0 Å². The molecule has 2 saturated heterocycles. The molecule has 2 aliphatic heterocycles. The summed E-state index contributed by atoms with van der Waals surface area (Å²) in [5.74, 6) is 1.67. The number of nitrogens with zero attached hydrogens (tertiary/aromatic N) is 3. The lowest BCUT2D eigenvalue weighted by Gasteiger charge is -2.31. The summed E-state index contributed by atoms with van der Waals surface area (Å²) >= 11 is 3.07. The SMILES string of the molecule is CC(C)(C)c1cnc(CSc2cnc(NC(=O)C3CCN(Cc4ccc(NC5CCC(=O)NC5=O)cc4)CC3)s2)o1. The number of carbonyl (C=O) groups is 3. The Morgan fingerprint density at radius 2 is 1.88 bits per heavy atom. The van der Waals surface area contributed by atoms with Gasteiger partial charge in [-0.15, -0.1) is 11.8 Å². The van der Waals surface area contributed by atoms with Crippen LogP contribution >= 0.6 is 23.1 Å². The van der Waals surface area contributed by atoms with Crippen LogP contribution in [0.3, 0.4) is 0 Å². The van der Waals surface area contributed by atoms with Crippen LogP contribution in [0.25, 0.3) is 0 Å². The highest BCUT2D eigenvalue weighted by Gasteiger charge is 2.27. The van der Waals surface area contributed by atoms with Crippen LogP contribution in [-0.4, -0.2) is 51.7 Å². The topological polar surface area (TPSA) is 129 Å². The van der Waals surface area contributed by atoms with Crippen molar-refractivity contribution in [3.8, 4) is 0 Å². The summed E-state index contributed by atoms with van der Waals surface area (Å²) in [6.45, 7) is 8.79. The molecule has 10 nitrogen and oxygen atoms in total. The molecule has 12 heteroatoms. The first kappa shape index (κ1) is 29.3. The molecule has 1 aromatic carbocycles. The number of thiazole rings is 1. The van der Waals surface area contributed by atoms with Gasteiger partial charge in [0, 0.05) is 30.0 Å². The number of hydrogen-bond donors (Lipinski definition) is 3. The van der Waals surface area contributed by atoms with Crippen molar-refractivity contribution in [2.75, 3.05) is 23.7 Å². The number of rotatable bonds is 9. The number of hydrogen-bond acceptors (Lipinski definition) is 10. The third kappa shape index (κ3) is 7.96. The molecule has 3 aromatic rings. The van der Waals surface area contributed by atoms with E-state index in [0.717, 1.165) is 48.1 Å². The van der Waals surface area contributed by atoms with Crippen LogP contribution in [0.4, 0.5) is 10.8 Å². The van der Waals surface area contributed by atoms with Gasteiger partial charge in [-0.25, -0.2) is 9.97 Å². The van der Waals surface area contributed by atoms with Crippen molar-refractivity contribution in [1.29, 1.82) is 0 Å². The van der Waals surface area contributed by atoms with Crippen molar-refractivity contribution in [2.45, 2.75) is 74.4 Å². The van der Waals surface area contributed by atoms with E-state index >= 15 is 0 Å². The Hall–Kier alpha value is -3.22. The van der Waals surface area contributed by atoms with Crippen LogP contribution in [-0.2, 0) is 32.1 Å². The second-order valence-electron chi connectivity index (χ2n) is 11.5. The van der Waals surface area contributed by atoms with Crippen molar-refractivity contribution in [1.82, 2.24) is 20.2 Å². The molecule has 3 amide bonds. The molecule has 2 fully saturated rings. The molecule has 1 unspecified atom stereocenters. The predicted octanol–water partition coefficient (Wildman–Crippen LogP) is 4.79. The van der Waals surface area contributed by atoms with Crippen LogP contribution in [0, 0.1) is 5.92 Å². The number of carbonyl (C=O) groups excluding carboxylic acids is 3. The number of aromatic nitrogens is 2. The highest BCUT2D eigenvalue weighted by Crippen LogP contribution is 2.32. The smallest absolute Gasteiger partial charge is 0.249 e. The average Bonchev–Trinajstić information content (AvgIpc) is 3.60. The van der Waals surface area contributed by atoms with E-state index < -0.39 is 0 Å². The van der Waals surface area contributed by atoms with E-state index in [9.17, 15) is 14.4 Å². The first-order chi connectivity index (χ1) is 19.6. The monoisotopic (exact) mass is 596 g/mol. The van der Waals surface area contributed by atoms with Crippen LogP contribution in [0.2, 0.25) is 0 Å². The first-order valence-corrected chi connectivity index (χ1v) is 15.7. The zero-order valence-electron chi connectivity index (χ0n) is 23.6. The van der Waals surface area contributed by atoms with Crippen LogP contribution in [0.1, 0.15) is 63.7 Å². The van der Waals surface area contributed by atoms with Crippen molar-refractivity contribution >= 4 is 51.6 Å². The molecule has 0 radical (unpaired) electrons. The molecule has 0 saturated carbocycles. The molecule has 2 aliphatic rings. The number of benzene rings is 1. The van der Waals surface area contributed by atoms with Crippen molar-refractivity contribution in [3.05, 3.63) is 53.9 Å². The Labute approximate surface area is 248 Å². The van der Waals surface area contributed by atoms with Crippen LogP contribution < -0.4 is 16.0 Å². The predicted molar refractivity (Wildman–Crippen MR) is 160 cm³/mol. The van der Waals surface area contributed by atoms with Crippen molar-refractivity contribution in [3.63, 3.8) is 0 Å². The van der Waals surface area contributed by atoms with Gasteiger partial charge in [0.15, 0.2) is 5.13 Å². The summed E-state index contributed by atoms with van der Waals surface area (Å²) in [6, 6.07) is 7.65. The molecule has 41 heavy (non-hydrogen) atoms. The van der Waals surface area contributed by atoms with Gasteiger partial charge in [0.25, 0.3) is 0 Å². The highest BCUT2D eigenvalue weighted by atomic mass is 32.2. The number of amides is 3.